The lowest BCUT2D eigenvalue weighted by molar-refractivity contribution is -0.125. The van der Waals surface area contributed by atoms with Crippen LogP contribution in [0.1, 0.15) is 44.0 Å². The molecule has 1 aliphatic rings. The Morgan fingerprint density at radius 3 is 2.65 bits per heavy atom. The van der Waals surface area contributed by atoms with Gasteiger partial charge in [-0.1, -0.05) is 12.1 Å². The van der Waals surface area contributed by atoms with Gasteiger partial charge in [0.15, 0.2) is 6.61 Å². The number of hydrazine groups is 1. The summed E-state index contributed by atoms with van der Waals surface area (Å²) in [4.78, 5) is 36.9. The molecule has 3 rings (SSSR count). The number of carbonyl (C=O) groups excluding carboxylic acids is 3. The van der Waals surface area contributed by atoms with Crippen LogP contribution in [0.2, 0.25) is 0 Å². The lowest BCUT2D eigenvalue weighted by Gasteiger charge is -2.12. The summed E-state index contributed by atoms with van der Waals surface area (Å²) < 4.78 is 18.5. The summed E-state index contributed by atoms with van der Waals surface area (Å²) in [6.45, 7) is -0.541. The maximum Gasteiger partial charge on any atom is 0.339 e. The fourth-order valence-corrected chi connectivity index (χ4v) is 3.86. The number of benzene rings is 1. The number of hydrogen-bond acceptors (Lipinski definition) is 5. The van der Waals surface area contributed by atoms with E-state index in [0.29, 0.717) is 5.56 Å². The highest BCUT2D eigenvalue weighted by molar-refractivity contribution is 7.10. The zero-order valence-electron chi connectivity index (χ0n) is 13.8. The number of nitrogens with one attached hydrogen (secondary N) is 2. The highest BCUT2D eigenvalue weighted by Crippen LogP contribution is 2.30. The normalized spacial score (nSPS) is 12.8. The van der Waals surface area contributed by atoms with E-state index in [9.17, 15) is 18.8 Å². The smallest absolute Gasteiger partial charge is 0.339 e. The fourth-order valence-electron chi connectivity index (χ4n) is 2.75. The Kier molecular flexibility index (Phi) is 5.62. The first kappa shape index (κ1) is 18.1. The lowest BCUT2D eigenvalue weighted by atomic mass is 9.96. The van der Waals surface area contributed by atoms with Crippen LogP contribution in [0.3, 0.4) is 0 Å². The molecule has 136 valence electrons. The van der Waals surface area contributed by atoms with E-state index in [2.05, 4.69) is 10.9 Å². The molecule has 2 N–H and O–H groups in total. The Morgan fingerprint density at radius 1 is 1.08 bits per heavy atom. The van der Waals surface area contributed by atoms with Gasteiger partial charge in [-0.15, -0.1) is 11.3 Å². The van der Waals surface area contributed by atoms with Gasteiger partial charge in [-0.05, 0) is 43.4 Å². The average molecular weight is 376 g/mol. The molecule has 1 aromatic carbocycles. The van der Waals surface area contributed by atoms with E-state index in [4.69, 9.17) is 4.74 Å². The average Bonchev–Trinajstić information content (AvgIpc) is 3.08. The lowest BCUT2D eigenvalue weighted by Crippen LogP contribution is -2.43. The summed E-state index contributed by atoms with van der Waals surface area (Å²) in [5, 5.41) is 1.76. The van der Waals surface area contributed by atoms with Crippen LogP contribution in [0, 0.1) is 5.82 Å². The quantitative estimate of drug-likeness (QED) is 0.634. The molecule has 0 spiro atoms. The van der Waals surface area contributed by atoms with Crippen molar-refractivity contribution in [2.45, 2.75) is 25.7 Å². The van der Waals surface area contributed by atoms with Gasteiger partial charge in [0.2, 0.25) is 0 Å². The second-order valence-corrected chi connectivity index (χ2v) is 6.78. The Morgan fingerprint density at radius 2 is 1.85 bits per heavy atom. The molecule has 26 heavy (non-hydrogen) atoms. The molecule has 0 atom stereocenters. The van der Waals surface area contributed by atoms with Gasteiger partial charge in [0.1, 0.15) is 5.82 Å². The predicted octanol–water partition coefficient (Wildman–Crippen LogP) is 2.38. The number of hydrogen-bond donors (Lipinski definition) is 2. The van der Waals surface area contributed by atoms with Gasteiger partial charge < -0.3 is 4.74 Å². The third kappa shape index (κ3) is 4.08. The Hall–Kier alpha value is -2.74. The molecular weight excluding hydrogens is 359 g/mol. The minimum atomic E-state index is -0.797. The van der Waals surface area contributed by atoms with Gasteiger partial charge in [-0.3, -0.25) is 20.4 Å². The first-order chi connectivity index (χ1) is 12.6. The second kappa shape index (κ2) is 8.09. The van der Waals surface area contributed by atoms with E-state index in [1.807, 2.05) is 0 Å². The van der Waals surface area contributed by atoms with Crippen LogP contribution in [-0.4, -0.2) is 24.4 Å². The SMILES string of the molecule is O=C(COC(=O)c1csc2c1CCCC2)NNC(=O)c1ccccc1F. The highest BCUT2D eigenvalue weighted by atomic mass is 32.1. The second-order valence-electron chi connectivity index (χ2n) is 5.82. The number of aryl methyl sites for hydroxylation is 1. The molecule has 6 nitrogen and oxygen atoms in total. The third-order valence-corrected chi connectivity index (χ3v) is 5.14. The summed E-state index contributed by atoms with van der Waals surface area (Å²) >= 11 is 1.53. The van der Waals surface area contributed by atoms with Crippen molar-refractivity contribution in [1.82, 2.24) is 10.9 Å². The minimum absolute atomic E-state index is 0.199. The van der Waals surface area contributed by atoms with Crippen molar-refractivity contribution >= 4 is 29.1 Å². The van der Waals surface area contributed by atoms with Crippen LogP contribution >= 0.6 is 11.3 Å². The molecule has 8 heteroatoms. The first-order valence-corrected chi connectivity index (χ1v) is 9.04. The molecule has 0 unspecified atom stereocenters. The number of amides is 2. The summed E-state index contributed by atoms with van der Waals surface area (Å²) in [5.41, 5.74) is 5.49. The minimum Gasteiger partial charge on any atom is -0.452 e. The van der Waals surface area contributed by atoms with Crippen LogP contribution in [0.15, 0.2) is 29.6 Å². The van der Waals surface area contributed by atoms with Gasteiger partial charge in [0, 0.05) is 10.3 Å². The van der Waals surface area contributed by atoms with Crippen molar-refractivity contribution in [1.29, 1.82) is 0 Å². The molecular formula is C18H17FN2O4S. The van der Waals surface area contributed by atoms with Gasteiger partial charge in [0.05, 0.1) is 11.1 Å². The Labute approximate surface area is 153 Å². The largest absolute Gasteiger partial charge is 0.452 e. The van der Waals surface area contributed by atoms with Crippen LogP contribution in [0.4, 0.5) is 4.39 Å². The van der Waals surface area contributed by atoms with Gasteiger partial charge in [-0.25, -0.2) is 9.18 Å². The molecule has 0 saturated heterocycles. The van der Waals surface area contributed by atoms with Crippen molar-refractivity contribution in [2.75, 3.05) is 6.61 Å². The predicted molar refractivity (Wildman–Crippen MR) is 93.3 cm³/mol. The molecule has 0 fully saturated rings. The number of rotatable bonds is 4. The van der Waals surface area contributed by atoms with Crippen LogP contribution in [-0.2, 0) is 22.4 Å². The summed E-state index contributed by atoms with van der Waals surface area (Å²) in [7, 11) is 0. The van der Waals surface area contributed by atoms with E-state index in [0.717, 1.165) is 37.3 Å². The molecule has 0 radical (unpaired) electrons. The molecule has 1 heterocycles. The Bertz CT molecular complexity index is 849. The van der Waals surface area contributed by atoms with Crippen molar-refractivity contribution < 1.29 is 23.5 Å². The maximum atomic E-state index is 13.5. The first-order valence-electron chi connectivity index (χ1n) is 8.16. The van der Waals surface area contributed by atoms with E-state index >= 15 is 0 Å². The van der Waals surface area contributed by atoms with E-state index in [1.165, 1.54) is 34.4 Å². The van der Waals surface area contributed by atoms with Crippen molar-refractivity contribution in [3.63, 3.8) is 0 Å². The van der Waals surface area contributed by atoms with Crippen LogP contribution < -0.4 is 10.9 Å². The van der Waals surface area contributed by atoms with Crippen molar-refractivity contribution in [2.24, 2.45) is 0 Å². The zero-order chi connectivity index (χ0) is 18.5. The van der Waals surface area contributed by atoms with E-state index in [1.54, 1.807) is 5.38 Å². The molecule has 0 saturated carbocycles. The maximum absolute atomic E-state index is 13.5. The summed E-state index contributed by atoms with van der Waals surface area (Å²) in [5.74, 6) is -2.77. The number of fused-ring (bicyclic) bond motifs is 1. The number of ether oxygens (including phenoxy) is 1. The van der Waals surface area contributed by atoms with Crippen LogP contribution in [0.25, 0.3) is 0 Å². The number of carbonyl (C=O) groups is 3. The summed E-state index contributed by atoms with van der Waals surface area (Å²) in [6, 6.07) is 5.38. The van der Waals surface area contributed by atoms with Crippen LogP contribution in [0.5, 0.6) is 0 Å². The van der Waals surface area contributed by atoms with E-state index in [-0.39, 0.29) is 5.56 Å². The van der Waals surface area contributed by atoms with Crippen molar-refractivity contribution in [3.8, 4) is 0 Å². The topological polar surface area (TPSA) is 84.5 Å². The molecule has 0 aliphatic heterocycles. The molecule has 1 aliphatic carbocycles. The molecule has 1 aromatic heterocycles. The standard InChI is InChI=1S/C18H17FN2O4S/c19-14-7-3-1-6-12(14)17(23)21-20-16(22)9-25-18(24)13-10-26-15-8-4-2-5-11(13)15/h1,3,6-7,10H,2,4-5,8-9H2,(H,20,22)(H,21,23). The summed E-state index contributed by atoms with van der Waals surface area (Å²) in [6.07, 6.45) is 3.96. The third-order valence-electron chi connectivity index (χ3n) is 4.05. The highest BCUT2D eigenvalue weighted by Gasteiger charge is 2.21. The van der Waals surface area contributed by atoms with Crippen molar-refractivity contribution in [3.05, 3.63) is 57.0 Å². The Balaban J connectivity index is 1.48. The number of halogens is 1. The van der Waals surface area contributed by atoms with Gasteiger partial charge in [0.25, 0.3) is 11.8 Å². The monoisotopic (exact) mass is 376 g/mol. The van der Waals surface area contributed by atoms with Gasteiger partial charge in [-0.2, -0.15) is 0 Å². The molecule has 0 bridgehead atoms. The molecule has 2 aromatic rings. The van der Waals surface area contributed by atoms with Gasteiger partial charge >= 0.3 is 5.97 Å². The van der Waals surface area contributed by atoms with E-state index < -0.39 is 30.2 Å². The number of esters is 1. The zero-order valence-corrected chi connectivity index (χ0v) is 14.7. The number of thiophene rings is 1. The fraction of sp³-hybridized carbons (Fsp3) is 0.278. The molecule has 2 amide bonds.